The first-order valence-electron chi connectivity index (χ1n) is 6.49. The number of rotatable bonds is 5. The number of hydrogen-bond donors (Lipinski definition) is 1. The number of amides is 1. The molecule has 0 aliphatic carbocycles. The molecule has 7 heteroatoms. The Hall–Kier alpha value is -2.60. The molecular formula is C15H13ClN2O4. The molecule has 2 aromatic rings. The first kappa shape index (κ1) is 15.8. The summed E-state index contributed by atoms with van der Waals surface area (Å²) >= 11 is 5.85. The maximum atomic E-state index is 12.2. The predicted molar refractivity (Wildman–Crippen MR) is 83.7 cm³/mol. The summed E-state index contributed by atoms with van der Waals surface area (Å²) in [6, 6.07) is 10.5. The Labute approximate surface area is 131 Å². The number of hydrogen-bond acceptors (Lipinski definition) is 4. The average molecular weight is 321 g/mol. The van der Waals surface area contributed by atoms with Crippen LogP contribution in [0.5, 0.6) is 5.75 Å². The standard InChI is InChI=1S/C15H13ClN2O4/c1-2-22-14-9-12(18(20)21)6-7-13(14)17-15(19)10-4-3-5-11(16)8-10/h3-9H,2H2,1H3,(H,17,19). The fourth-order valence-electron chi connectivity index (χ4n) is 1.83. The van der Waals surface area contributed by atoms with E-state index >= 15 is 0 Å². The summed E-state index contributed by atoms with van der Waals surface area (Å²) in [6.07, 6.45) is 0. The van der Waals surface area contributed by atoms with Crippen molar-refractivity contribution in [2.75, 3.05) is 11.9 Å². The van der Waals surface area contributed by atoms with E-state index in [0.29, 0.717) is 22.9 Å². The van der Waals surface area contributed by atoms with Gasteiger partial charge in [0.1, 0.15) is 5.75 Å². The van der Waals surface area contributed by atoms with Gasteiger partial charge >= 0.3 is 0 Å². The fourth-order valence-corrected chi connectivity index (χ4v) is 2.02. The van der Waals surface area contributed by atoms with Crippen molar-refractivity contribution in [1.29, 1.82) is 0 Å². The number of anilines is 1. The number of benzene rings is 2. The first-order valence-corrected chi connectivity index (χ1v) is 6.87. The highest BCUT2D eigenvalue weighted by Gasteiger charge is 2.14. The molecule has 6 nitrogen and oxygen atoms in total. The summed E-state index contributed by atoms with van der Waals surface area (Å²) in [5.41, 5.74) is 0.634. The normalized spacial score (nSPS) is 10.1. The highest BCUT2D eigenvalue weighted by atomic mass is 35.5. The predicted octanol–water partition coefficient (Wildman–Crippen LogP) is 3.90. The van der Waals surface area contributed by atoms with E-state index < -0.39 is 4.92 Å². The molecule has 114 valence electrons. The summed E-state index contributed by atoms with van der Waals surface area (Å²) < 4.78 is 5.34. The Morgan fingerprint density at radius 2 is 2.09 bits per heavy atom. The van der Waals surface area contributed by atoms with Crippen LogP contribution in [-0.4, -0.2) is 17.4 Å². The number of nitrogens with zero attached hydrogens (tertiary/aromatic N) is 1. The third-order valence-electron chi connectivity index (χ3n) is 2.81. The van der Waals surface area contributed by atoms with E-state index in [1.807, 2.05) is 0 Å². The van der Waals surface area contributed by atoms with Gasteiger partial charge in [0.05, 0.1) is 23.3 Å². The lowest BCUT2D eigenvalue weighted by atomic mass is 10.2. The van der Waals surface area contributed by atoms with Crippen LogP contribution >= 0.6 is 11.6 Å². The SMILES string of the molecule is CCOc1cc([N+](=O)[O-])ccc1NC(=O)c1cccc(Cl)c1. The van der Waals surface area contributed by atoms with Crippen molar-refractivity contribution in [2.45, 2.75) is 6.92 Å². The van der Waals surface area contributed by atoms with Crippen molar-refractivity contribution >= 4 is 28.9 Å². The van der Waals surface area contributed by atoms with Crippen LogP contribution in [0.15, 0.2) is 42.5 Å². The number of ether oxygens (including phenoxy) is 1. The molecule has 2 aromatic carbocycles. The summed E-state index contributed by atoms with van der Waals surface area (Å²) in [7, 11) is 0. The van der Waals surface area contributed by atoms with Gasteiger partial charge in [0.15, 0.2) is 0 Å². The summed E-state index contributed by atoms with van der Waals surface area (Å²) in [5.74, 6) is -0.135. The third kappa shape index (κ3) is 3.73. The van der Waals surface area contributed by atoms with E-state index in [2.05, 4.69) is 5.32 Å². The summed E-state index contributed by atoms with van der Waals surface area (Å²) in [5, 5.41) is 13.9. The van der Waals surface area contributed by atoms with Gasteiger partial charge in [-0.3, -0.25) is 14.9 Å². The highest BCUT2D eigenvalue weighted by Crippen LogP contribution is 2.29. The number of halogens is 1. The molecule has 0 saturated carbocycles. The minimum Gasteiger partial charge on any atom is -0.491 e. The van der Waals surface area contributed by atoms with Crippen molar-refractivity contribution in [1.82, 2.24) is 0 Å². The number of nitro benzene ring substituents is 1. The molecule has 0 atom stereocenters. The number of carbonyl (C=O) groups is 1. The van der Waals surface area contributed by atoms with Crippen LogP contribution in [0.4, 0.5) is 11.4 Å². The minimum atomic E-state index is -0.523. The van der Waals surface area contributed by atoms with Gasteiger partial charge in [-0.25, -0.2) is 0 Å². The van der Waals surface area contributed by atoms with E-state index in [-0.39, 0.29) is 17.3 Å². The van der Waals surface area contributed by atoms with Crippen molar-refractivity contribution in [3.05, 3.63) is 63.2 Å². The molecule has 2 rings (SSSR count). The Morgan fingerprint density at radius 1 is 1.32 bits per heavy atom. The average Bonchev–Trinajstić information content (AvgIpc) is 2.49. The molecule has 0 fully saturated rings. The molecule has 1 amide bonds. The monoisotopic (exact) mass is 320 g/mol. The van der Waals surface area contributed by atoms with E-state index in [1.165, 1.54) is 24.3 Å². The van der Waals surface area contributed by atoms with E-state index in [1.54, 1.807) is 25.1 Å². The number of non-ortho nitro benzene ring substituents is 1. The summed E-state index contributed by atoms with van der Waals surface area (Å²) in [6.45, 7) is 2.07. The molecule has 0 bridgehead atoms. The molecule has 0 aliphatic rings. The second-order valence-electron chi connectivity index (χ2n) is 4.34. The minimum absolute atomic E-state index is 0.107. The zero-order valence-corrected chi connectivity index (χ0v) is 12.5. The summed E-state index contributed by atoms with van der Waals surface area (Å²) in [4.78, 5) is 22.5. The second kappa shape index (κ2) is 6.91. The molecule has 0 spiro atoms. The van der Waals surface area contributed by atoms with E-state index in [0.717, 1.165) is 0 Å². The lowest BCUT2D eigenvalue weighted by molar-refractivity contribution is -0.384. The first-order chi connectivity index (χ1) is 10.5. The molecule has 0 radical (unpaired) electrons. The van der Waals surface area contributed by atoms with Gasteiger partial charge in [-0.2, -0.15) is 0 Å². The zero-order valence-electron chi connectivity index (χ0n) is 11.7. The van der Waals surface area contributed by atoms with Gasteiger partial charge < -0.3 is 10.1 Å². The van der Waals surface area contributed by atoms with Crippen LogP contribution < -0.4 is 10.1 Å². The van der Waals surface area contributed by atoms with Crippen LogP contribution in [0.3, 0.4) is 0 Å². The Balaban J connectivity index is 2.28. The molecule has 0 aromatic heterocycles. The van der Waals surface area contributed by atoms with Crippen LogP contribution in [0.1, 0.15) is 17.3 Å². The van der Waals surface area contributed by atoms with Gasteiger partial charge in [-0.1, -0.05) is 17.7 Å². The zero-order chi connectivity index (χ0) is 16.1. The van der Waals surface area contributed by atoms with Gasteiger partial charge in [0, 0.05) is 16.7 Å². The van der Waals surface area contributed by atoms with Crippen LogP contribution in [-0.2, 0) is 0 Å². The quantitative estimate of drug-likeness (QED) is 0.669. The van der Waals surface area contributed by atoms with Gasteiger partial charge in [-0.15, -0.1) is 0 Å². The van der Waals surface area contributed by atoms with Crippen molar-refractivity contribution in [3.8, 4) is 5.75 Å². The van der Waals surface area contributed by atoms with Crippen molar-refractivity contribution in [3.63, 3.8) is 0 Å². The van der Waals surface area contributed by atoms with Gasteiger partial charge in [0.25, 0.3) is 11.6 Å². The molecule has 1 N–H and O–H groups in total. The third-order valence-corrected chi connectivity index (χ3v) is 3.05. The second-order valence-corrected chi connectivity index (χ2v) is 4.77. The fraction of sp³-hybridized carbons (Fsp3) is 0.133. The maximum absolute atomic E-state index is 12.2. The molecule has 0 saturated heterocycles. The van der Waals surface area contributed by atoms with Crippen LogP contribution in [0.2, 0.25) is 5.02 Å². The lowest BCUT2D eigenvalue weighted by Gasteiger charge is -2.11. The molecule has 0 aliphatic heterocycles. The van der Waals surface area contributed by atoms with Crippen molar-refractivity contribution < 1.29 is 14.5 Å². The lowest BCUT2D eigenvalue weighted by Crippen LogP contribution is -2.13. The topological polar surface area (TPSA) is 81.5 Å². The molecule has 0 unspecified atom stereocenters. The highest BCUT2D eigenvalue weighted by molar-refractivity contribution is 6.31. The number of nitrogens with one attached hydrogen (secondary N) is 1. The van der Waals surface area contributed by atoms with Crippen LogP contribution in [0.25, 0.3) is 0 Å². The maximum Gasteiger partial charge on any atom is 0.273 e. The molecular weight excluding hydrogens is 308 g/mol. The smallest absolute Gasteiger partial charge is 0.273 e. The Morgan fingerprint density at radius 3 is 2.73 bits per heavy atom. The van der Waals surface area contributed by atoms with Gasteiger partial charge in [-0.05, 0) is 31.2 Å². The van der Waals surface area contributed by atoms with Crippen LogP contribution in [0, 0.1) is 10.1 Å². The number of carbonyl (C=O) groups excluding carboxylic acids is 1. The Bertz CT molecular complexity index is 718. The number of nitro groups is 1. The Kier molecular flexibility index (Phi) is 4.95. The molecule has 0 heterocycles. The van der Waals surface area contributed by atoms with E-state index in [9.17, 15) is 14.9 Å². The largest absolute Gasteiger partial charge is 0.491 e. The molecule has 22 heavy (non-hydrogen) atoms. The van der Waals surface area contributed by atoms with Crippen molar-refractivity contribution in [2.24, 2.45) is 0 Å². The van der Waals surface area contributed by atoms with Gasteiger partial charge in [0.2, 0.25) is 0 Å². The van der Waals surface area contributed by atoms with E-state index in [4.69, 9.17) is 16.3 Å².